The first-order chi connectivity index (χ1) is 10.8. The molecule has 5 nitrogen and oxygen atoms in total. The third-order valence-corrected chi connectivity index (χ3v) is 4.26. The Kier molecular flexibility index (Phi) is 3.87. The van der Waals surface area contributed by atoms with Gasteiger partial charge in [0, 0.05) is 19.4 Å². The summed E-state index contributed by atoms with van der Waals surface area (Å²) in [5.41, 5.74) is -1.77. The van der Waals surface area contributed by atoms with Crippen LogP contribution in [0, 0.1) is 0 Å². The van der Waals surface area contributed by atoms with Crippen molar-refractivity contribution in [2.24, 2.45) is 0 Å². The number of halogens is 3. The summed E-state index contributed by atoms with van der Waals surface area (Å²) in [6.45, 7) is -0.671. The van der Waals surface area contributed by atoms with Crippen LogP contribution in [0.3, 0.4) is 0 Å². The topological polar surface area (TPSA) is 61.8 Å². The van der Waals surface area contributed by atoms with Crippen molar-refractivity contribution in [1.29, 1.82) is 0 Å². The molecule has 0 spiro atoms. The van der Waals surface area contributed by atoms with E-state index in [1.807, 2.05) is 24.3 Å². The molecular weight excluding hydrogens is 313 g/mol. The van der Waals surface area contributed by atoms with Gasteiger partial charge in [0.25, 0.3) is 0 Å². The van der Waals surface area contributed by atoms with Gasteiger partial charge in [0.05, 0.1) is 13.1 Å². The van der Waals surface area contributed by atoms with E-state index in [0.29, 0.717) is 6.42 Å². The van der Waals surface area contributed by atoms with Crippen molar-refractivity contribution < 1.29 is 27.8 Å². The van der Waals surface area contributed by atoms with Gasteiger partial charge in [-0.1, -0.05) is 18.2 Å². The van der Waals surface area contributed by atoms with Gasteiger partial charge in [0.2, 0.25) is 0 Å². The van der Waals surface area contributed by atoms with Crippen LogP contribution >= 0.6 is 0 Å². The highest BCUT2D eigenvalue weighted by Gasteiger charge is 2.57. The minimum atomic E-state index is -4.74. The Hall–Kier alpha value is -1.96. The second-order valence-electron chi connectivity index (χ2n) is 5.94. The second kappa shape index (κ2) is 5.59. The van der Waals surface area contributed by atoms with E-state index in [0.717, 1.165) is 16.2 Å². The molecule has 23 heavy (non-hydrogen) atoms. The van der Waals surface area contributed by atoms with Crippen molar-refractivity contribution in [3.05, 3.63) is 29.8 Å². The van der Waals surface area contributed by atoms with Crippen molar-refractivity contribution in [3.8, 4) is 5.75 Å². The summed E-state index contributed by atoms with van der Waals surface area (Å²) < 4.78 is 43.9. The van der Waals surface area contributed by atoms with Gasteiger partial charge in [-0.3, -0.25) is 0 Å². The molecular formula is C15H17F3N2O3. The number of benzene rings is 1. The maximum Gasteiger partial charge on any atom is 0.419 e. The van der Waals surface area contributed by atoms with Gasteiger partial charge in [0.15, 0.2) is 5.60 Å². The minimum absolute atomic E-state index is 0.131. The van der Waals surface area contributed by atoms with Crippen molar-refractivity contribution >= 4 is 6.03 Å². The molecule has 1 fully saturated rings. The largest absolute Gasteiger partial charge is 0.488 e. The van der Waals surface area contributed by atoms with Crippen LogP contribution in [0.5, 0.6) is 5.75 Å². The van der Waals surface area contributed by atoms with Crippen LogP contribution in [0.25, 0.3) is 0 Å². The molecule has 2 atom stereocenters. The average Bonchev–Trinajstić information content (AvgIpc) is 3.08. The van der Waals surface area contributed by atoms with Crippen LogP contribution in [-0.2, 0) is 6.42 Å². The van der Waals surface area contributed by atoms with Crippen LogP contribution in [0.15, 0.2) is 24.3 Å². The number of alkyl halides is 3. The molecule has 3 rings (SSSR count). The first-order valence-corrected chi connectivity index (χ1v) is 7.35. The number of nitrogens with zero attached hydrogens (tertiary/aromatic N) is 1. The number of carbonyl (C=O) groups excluding carboxylic acids is 1. The van der Waals surface area contributed by atoms with Crippen LogP contribution in [-0.4, -0.2) is 53.6 Å². The minimum Gasteiger partial charge on any atom is -0.488 e. The summed E-state index contributed by atoms with van der Waals surface area (Å²) >= 11 is 0. The summed E-state index contributed by atoms with van der Waals surface area (Å²) in [6, 6.07) is 6.89. The van der Waals surface area contributed by atoms with Gasteiger partial charge in [0.1, 0.15) is 11.9 Å². The van der Waals surface area contributed by atoms with Gasteiger partial charge >= 0.3 is 12.2 Å². The van der Waals surface area contributed by atoms with Gasteiger partial charge in [-0.15, -0.1) is 0 Å². The van der Waals surface area contributed by atoms with Gasteiger partial charge in [-0.2, -0.15) is 13.2 Å². The Labute approximate surface area is 131 Å². The van der Waals surface area contributed by atoms with Crippen molar-refractivity contribution in [1.82, 2.24) is 10.2 Å². The summed E-state index contributed by atoms with van der Waals surface area (Å²) in [5.74, 6) is 0.763. The fourth-order valence-corrected chi connectivity index (χ4v) is 2.88. The van der Waals surface area contributed by atoms with Crippen LogP contribution in [0.4, 0.5) is 18.0 Å². The molecule has 0 aromatic heterocycles. The molecule has 2 aliphatic heterocycles. The fourth-order valence-electron chi connectivity index (χ4n) is 2.88. The highest BCUT2D eigenvalue weighted by molar-refractivity contribution is 5.74. The molecule has 1 aromatic rings. The first kappa shape index (κ1) is 15.9. The number of fused-ring (bicyclic) bond motifs is 1. The van der Waals surface area contributed by atoms with Crippen LogP contribution in [0.1, 0.15) is 12.0 Å². The average molecular weight is 330 g/mol. The number of likely N-dealkylation sites (tertiary alicyclic amines) is 1. The molecule has 1 aromatic carbocycles. The fraction of sp³-hybridized carbons (Fsp3) is 0.533. The highest BCUT2D eigenvalue weighted by Crippen LogP contribution is 2.37. The lowest BCUT2D eigenvalue weighted by molar-refractivity contribution is -0.253. The van der Waals surface area contributed by atoms with Crippen molar-refractivity contribution in [2.45, 2.75) is 30.7 Å². The molecule has 0 aliphatic carbocycles. The molecule has 1 saturated heterocycles. The predicted molar refractivity (Wildman–Crippen MR) is 75.2 cm³/mol. The molecule has 0 radical (unpaired) electrons. The second-order valence-corrected chi connectivity index (χ2v) is 5.94. The number of nitrogens with one attached hydrogen (secondary N) is 1. The molecule has 0 bridgehead atoms. The lowest BCUT2D eigenvalue weighted by Crippen LogP contribution is -2.50. The third kappa shape index (κ3) is 3.08. The molecule has 2 heterocycles. The number of urea groups is 1. The van der Waals surface area contributed by atoms with Crippen LogP contribution < -0.4 is 10.1 Å². The maximum atomic E-state index is 12.7. The quantitative estimate of drug-likeness (QED) is 0.868. The zero-order chi connectivity index (χ0) is 16.7. The number of hydrogen-bond acceptors (Lipinski definition) is 3. The Morgan fingerprint density at radius 1 is 1.43 bits per heavy atom. The standard InChI is InChI=1S/C15H17F3N2O3/c16-15(17,18)14(22)5-6-20(9-14)13(21)19-8-11-7-10-3-1-2-4-12(10)23-11/h1-4,11,22H,5-9H2,(H,19,21). The number of carbonyl (C=O) groups is 1. The zero-order valence-electron chi connectivity index (χ0n) is 12.3. The highest BCUT2D eigenvalue weighted by atomic mass is 19.4. The van der Waals surface area contributed by atoms with Gasteiger partial charge in [-0.25, -0.2) is 4.79 Å². The SMILES string of the molecule is O=C(NCC1Cc2ccccc2O1)N1CCC(O)(C(F)(F)F)C1. The smallest absolute Gasteiger partial charge is 0.419 e. The lowest BCUT2D eigenvalue weighted by Gasteiger charge is -2.26. The van der Waals surface area contributed by atoms with E-state index >= 15 is 0 Å². The van der Waals surface area contributed by atoms with Crippen molar-refractivity contribution in [3.63, 3.8) is 0 Å². The molecule has 2 amide bonds. The number of amides is 2. The Balaban J connectivity index is 1.50. The van der Waals surface area contributed by atoms with Crippen molar-refractivity contribution in [2.75, 3.05) is 19.6 Å². The lowest BCUT2D eigenvalue weighted by atomic mass is 10.0. The number of rotatable bonds is 2. The molecule has 8 heteroatoms. The van der Waals surface area contributed by atoms with E-state index in [-0.39, 0.29) is 19.2 Å². The van der Waals surface area contributed by atoms with E-state index in [1.165, 1.54) is 0 Å². The molecule has 2 unspecified atom stereocenters. The number of para-hydroxylation sites is 1. The molecule has 0 saturated carbocycles. The van der Waals surface area contributed by atoms with Crippen LogP contribution in [0.2, 0.25) is 0 Å². The predicted octanol–water partition coefficient (Wildman–Crippen LogP) is 1.70. The Bertz CT molecular complexity index is 583. The maximum absolute atomic E-state index is 12.7. The molecule has 2 aliphatic rings. The van der Waals surface area contributed by atoms with E-state index in [9.17, 15) is 23.1 Å². The number of β-amino-alcohol motifs (C(OH)–C–C–N with tert-alkyl or cyclic N) is 1. The zero-order valence-corrected chi connectivity index (χ0v) is 12.3. The Morgan fingerprint density at radius 3 is 2.83 bits per heavy atom. The van der Waals surface area contributed by atoms with E-state index in [4.69, 9.17) is 4.74 Å². The summed E-state index contributed by atoms with van der Waals surface area (Å²) in [7, 11) is 0. The summed E-state index contributed by atoms with van der Waals surface area (Å²) in [4.78, 5) is 13.0. The van der Waals surface area contributed by atoms with Gasteiger partial charge < -0.3 is 20.1 Å². The van der Waals surface area contributed by atoms with E-state index < -0.39 is 30.8 Å². The van der Waals surface area contributed by atoms with E-state index in [2.05, 4.69) is 5.32 Å². The molecule has 126 valence electrons. The number of ether oxygens (including phenoxy) is 1. The number of aliphatic hydroxyl groups is 1. The third-order valence-electron chi connectivity index (χ3n) is 4.26. The monoisotopic (exact) mass is 330 g/mol. The van der Waals surface area contributed by atoms with Gasteiger partial charge in [-0.05, 0) is 11.6 Å². The molecule has 2 N–H and O–H groups in total. The first-order valence-electron chi connectivity index (χ1n) is 7.35. The summed E-state index contributed by atoms with van der Waals surface area (Å²) in [5, 5.41) is 12.1. The summed E-state index contributed by atoms with van der Waals surface area (Å²) in [6.07, 6.45) is -4.84. The van der Waals surface area contributed by atoms with E-state index in [1.54, 1.807) is 0 Å². The Morgan fingerprint density at radius 2 is 2.17 bits per heavy atom. The number of hydrogen-bond donors (Lipinski definition) is 2. The normalized spacial score (nSPS) is 26.8.